The van der Waals surface area contributed by atoms with Crippen LogP contribution >= 0.6 is 0 Å². The summed E-state index contributed by atoms with van der Waals surface area (Å²) in [5.74, 6) is -0.524. The maximum absolute atomic E-state index is 12.8. The Hall–Kier alpha value is -3.53. The molecule has 1 atom stereocenters. The molecule has 1 heterocycles. The van der Waals surface area contributed by atoms with Gasteiger partial charge in [-0.25, -0.2) is 4.79 Å². The zero-order chi connectivity index (χ0) is 21.6. The molecule has 1 fully saturated rings. The van der Waals surface area contributed by atoms with Gasteiger partial charge >= 0.3 is 6.09 Å². The van der Waals surface area contributed by atoms with Crippen LogP contribution in [0.25, 0.3) is 0 Å². The molecule has 2 amide bonds. The summed E-state index contributed by atoms with van der Waals surface area (Å²) in [7, 11) is 0. The quantitative estimate of drug-likeness (QED) is 0.825. The van der Waals surface area contributed by atoms with Crippen molar-refractivity contribution in [3.63, 3.8) is 0 Å². The SMILES string of the molecule is CC(C)(C#N)NC(=O)[C@@H](OC(=O)N1CCN(c2ccccc2)CC1)c1ccccc1. The van der Waals surface area contributed by atoms with Crippen LogP contribution in [0.2, 0.25) is 0 Å². The average molecular weight is 406 g/mol. The number of nitriles is 1. The van der Waals surface area contributed by atoms with Crippen molar-refractivity contribution >= 4 is 17.7 Å². The summed E-state index contributed by atoms with van der Waals surface area (Å²) in [4.78, 5) is 29.4. The van der Waals surface area contributed by atoms with E-state index in [2.05, 4.69) is 10.2 Å². The molecule has 156 valence electrons. The predicted molar refractivity (Wildman–Crippen MR) is 114 cm³/mol. The van der Waals surface area contributed by atoms with Crippen LogP contribution in [-0.2, 0) is 9.53 Å². The summed E-state index contributed by atoms with van der Waals surface area (Å²) < 4.78 is 5.62. The van der Waals surface area contributed by atoms with E-state index < -0.39 is 23.6 Å². The maximum Gasteiger partial charge on any atom is 0.411 e. The second-order valence-electron chi connectivity index (χ2n) is 7.71. The lowest BCUT2D eigenvalue weighted by Gasteiger charge is -2.36. The average Bonchev–Trinajstić information content (AvgIpc) is 2.78. The lowest BCUT2D eigenvalue weighted by Crippen LogP contribution is -2.50. The van der Waals surface area contributed by atoms with Crippen molar-refractivity contribution in [2.45, 2.75) is 25.5 Å². The topological polar surface area (TPSA) is 85.7 Å². The van der Waals surface area contributed by atoms with Gasteiger partial charge in [-0.2, -0.15) is 5.26 Å². The van der Waals surface area contributed by atoms with Gasteiger partial charge < -0.3 is 19.9 Å². The molecule has 1 aliphatic rings. The number of nitrogens with one attached hydrogen (secondary N) is 1. The van der Waals surface area contributed by atoms with Crippen LogP contribution in [0.1, 0.15) is 25.5 Å². The van der Waals surface area contributed by atoms with Crippen molar-refractivity contribution in [1.29, 1.82) is 5.26 Å². The summed E-state index contributed by atoms with van der Waals surface area (Å²) in [6.07, 6.45) is -1.67. The first-order chi connectivity index (χ1) is 14.4. The molecule has 1 saturated heterocycles. The minimum Gasteiger partial charge on any atom is -0.431 e. The lowest BCUT2D eigenvalue weighted by molar-refractivity contribution is -0.131. The minimum absolute atomic E-state index is 0.501. The Morgan fingerprint density at radius 2 is 1.57 bits per heavy atom. The molecule has 2 aromatic carbocycles. The Bertz CT molecular complexity index is 901. The number of anilines is 1. The Balaban J connectivity index is 1.67. The number of para-hydroxylation sites is 1. The minimum atomic E-state index is -1.13. The van der Waals surface area contributed by atoms with Crippen LogP contribution in [0.15, 0.2) is 60.7 Å². The molecule has 0 aliphatic carbocycles. The van der Waals surface area contributed by atoms with Gasteiger partial charge in [-0.3, -0.25) is 4.79 Å². The molecule has 1 aliphatic heterocycles. The van der Waals surface area contributed by atoms with Gasteiger partial charge in [-0.15, -0.1) is 0 Å². The Morgan fingerprint density at radius 3 is 2.13 bits per heavy atom. The number of hydrogen-bond donors (Lipinski definition) is 1. The Morgan fingerprint density at radius 1 is 1.00 bits per heavy atom. The van der Waals surface area contributed by atoms with Gasteiger partial charge in [0.15, 0.2) is 0 Å². The van der Waals surface area contributed by atoms with Crippen LogP contribution in [0.3, 0.4) is 0 Å². The van der Waals surface area contributed by atoms with E-state index >= 15 is 0 Å². The van der Waals surface area contributed by atoms with Gasteiger partial charge in [0, 0.05) is 37.4 Å². The smallest absolute Gasteiger partial charge is 0.411 e. The summed E-state index contributed by atoms with van der Waals surface area (Å²) in [6.45, 7) is 5.56. The fourth-order valence-corrected chi connectivity index (χ4v) is 3.26. The molecule has 0 aromatic heterocycles. The van der Waals surface area contributed by atoms with Crippen molar-refractivity contribution in [3.05, 3.63) is 66.2 Å². The first kappa shape index (κ1) is 21.2. The summed E-state index contributed by atoms with van der Waals surface area (Å²) in [5.41, 5.74) is 0.600. The highest BCUT2D eigenvalue weighted by molar-refractivity contribution is 5.85. The molecule has 3 rings (SSSR count). The third kappa shape index (κ3) is 5.29. The monoisotopic (exact) mass is 406 g/mol. The zero-order valence-electron chi connectivity index (χ0n) is 17.2. The fourth-order valence-electron chi connectivity index (χ4n) is 3.26. The normalized spacial score (nSPS) is 15.1. The van der Waals surface area contributed by atoms with Crippen molar-refractivity contribution in [3.8, 4) is 6.07 Å². The Kier molecular flexibility index (Phi) is 6.58. The van der Waals surface area contributed by atoms with Crippen LogP contribution in [0, 0.1) is 11.3 Å². The van der Waals surface area contributed by atoms with Gasteiger partial charge in [-0.1, -0.05) is 48.5 Å². The molecule has 1 N–H and O–H groups in total. The largest absolute Gasteiger partial charge is 0.431 e. The highest BCUT2D eigenvalue weighted by Gasteiger charge is 2.32. The number of amides is 2. The molecule has 0 bridgehead atoms. The number of rotatable bonds is 5. The van der Waals surface area contributed by atoms with Gasteiger partial charge in [0.25, 0.3) is 5.91 Å². The van der Waals surface area contributed by atoms with Crippen molar-refractivity contribution in [1.82, 2.24) is 10.2 Å². The van der Waals surface area contributed by atoms with E-state index in [1.165, 1.54) is 0 Å². The molecule has 30 heavy (non-hydrogen) atoms. The van der Waals surface area contributed by atoms with E-state index in [9.17, 15) is 14.9 Å². The molecule has 0 unspecified atom stereocenters. The maximum atomic E-state index is 12.8. The Labute approximate surface area is 176 Å². The standard InChI is InChI=1S/C23H26N4O3/c1-23(2,17-24)25-21(28)20(18-9-5-3-6-10-18)30-22(29)27-15-13-26(14-16-27)19-11-7-4-8-12-19/h3-12,20H,13-16H2,1-2H3,(H,25,28)/t20-/m0/s1. The van der Waals surface area contributed by atoms with E-state index in [4.69, 9.17) is 4.74 Å². The highest BCUT2D eigenvalue weighted by atomic mass is 16.6. The van der Waals surface area contributed by atoms with E-state index in [0.717, 1.165) is 5.69 Å². The lowest BCUT2D eigenvalue weighted by atomic mass is 10.0. The second kappa shape index (κ2) is 9.31. The van der Waals surface area contributed by atoms with Crippen molar-refractivity contribution in [2.75, 3.05) is 31.1 Å². The van der Waals surface area contributed by atoms with Crippen LogP contribution in [-0.4, -0.2) is 48.6 Å². The van der Waals surface area contributed by atoms with Crippen LogP contribution in [0.4, 0.5) is 10.5 Å². The molecule has 7 nitrogen and oxygen atoms in total. The van der Waals surface area contributed by atoms with Gasteiger partial charge in [0.1, 0.15) is 5.54 Å². The summed E-state index contributed by atoms with van der Waals surface area (Å²) >= 11 is 0. The van der Waals surface area contributed by atoms with E-state index in [1.807, 2.05) is 42.5 Å². The third-order valence-electron chi connectivity index (χ3n) is 4.93. The first-order valence-electron chi connectivity index (χ1n) is 9.93. The summed E-state index contributed by atoms with van der Waals surface area (Å²) in [5, 5.41) is 11.9. The zero-order valence-corrected chi connectivity index (χ0v) is 17.2. The van der Waals surface area contributed by atoms with Crippen molar-refractivity contribution < 1.29 is 14.3 Å². The van der Waals surface area contributed by atoms with Crippen LogP contribution in [0.5, 0.6) is 0 Å². The molecule has 0 saturated carbocycles. The van der Waals surface area contributed by atoms with E-state index in [-0.39, 0.29) is 0 Å². The first-order valence-corrected chi connectivity index (χ1v) is 9.93. The van der Waals surface area contributed by atoms with Gasteiger partial charge in [0.05, 0.1) is 6.07 Å². The predicted octanol–water partition coefficient (Wildman–Crippen LogP) is 3.10. The number of hydrogen-bond acceptors (Lipinski definition) is 5. The van der Waals surface area contributed by atoms with E-state index in [0.29, 0.717) is 31.7 Å². The molecule has 0 radical (unpaired) electrons. The molecular formula is C23H26N4O3. The third-order valence-corrected chi connectivity index (χ3v) is 4.93. The molecule has 2 aromatic rings. The molecular weight excluding hydrogens is 380 g/mol. The van der Waals surface area contributed by atoms with Crippen molar-refractivity contribution in [2.24, 2.45) is 0 Å². The number of nitrogens with zero attached hydrogens (tertiary/aromatic N) is 3. The molecule has 7 heteroatoms. The second-order valence-corrected chi connectivity index (χ2v) is 7.71. The van der Waals surface area contributed by atoms with E-state index in [1.54, 1.807) is 43.0 Å². The number of piperazine rings is 1. The summed E-state index contributed by atoms with van der Waals surface area (Å²) in [6, 6.07) is 20.9. The van der Waals surface area contributed by atoms with Crippen LogP contribution < -0.4 is 10.2 Å². The number of ether oxygens (including phenoxy) is 1. The number of carbonyl (C=O) groups is 2. The van der Waals surface area contributed by atoms with Gasteiger partial charge in [0.2, 0.25) is 6.10 Å². The highest BCUT2D eigenvalue weighted by Crippen LogP contribution is 2.22. The van der Waals surface area contributed by atoms with Gasteiger partial charge in [-0.05, 0) is 26.0 Å². The number of carbonyl (C=O) groups excluding carboxylic acids is 2. The molecule has 0 spiro atoms. The fraction of sp³-hybridized carbons (Fsp3) is 0.348. The number of benzene rings is 2.